The lowest BCUT2D eigenvalue weighted by atomic mass is 9.84. The van der Waals surface area contributed by atoms with E-state index in [0.29, 0.717) is 26.2 Å². The normalized spacial score (nSPS) is 18.8. The number of amides is 1. The van der Waals surface area contributed by atoms with Gasteiger partial charge in [-0.3, -0.25) is 4.79 Å². The van der Waals surface area contributed by atoms with Crippen LogP contribution in [0, 0.1) is 11.3 Å². The fourth-order valence-corrected chi connectivity index (χ4v) is 5.01. The molecule has 2 heterocycles. The molecule has 0 saturated carbocycles. The molecule has 2 N–H and O–H groups in total. The number of imidazole rings is 1. The molecule has 2 aromatic carbocycles. The van der Waals surface area contributed by atoms with Gasteiger partial charge < -0.3 is 24.6 Å². The monoisotopic (exact) mass is 490 g/mol. The molecule has 4 rings (SSSR count). The molecule has 1 aliphatic heterocycles. The van der Waals surface area contributed by atoms with Crippen molar-refractivity contribution in [2.24, 2.45) is 11.3 Å². The molecular weight excluding hydrogens is 452 g/mol. The lowest BCUT2D eigenvalue weighted by Crippen LogP contribution is -2.47. The molecule has 3 atom stereocenters. The molecule has 0 unspecified atom stereocenters. The van der Waals surface area contributed by atoms with Crippen LogP contribution in [0.15, 0.2) is 66.9 Å². The molecule has 1 aliphatic rings. The number of aliphatic hydroxyl groups is 1. The minimum atomic E-state index is -0.493. The van der Waals surface area contributed by atoms with Crippen LogP contribution in [0.3, 0.4) is 0 Å². The summed E-state index contributed by atoms with van der Waals surface area (Å²) < 4.78 is 7.45. The van der Waals surface area contributed by atoms with Crippen LogP contribution in [0.4, 0.5) is 0 Å². The van der Waals surface area contributed by atoms with Gasteiger partial charge in [0.25, 0.3) is 0 Å². The van der Waals surface area contributed by atoms with Gasteiger partial charge in [0.15, 0.2) is 0 Å². The summed E-state index contributed by atoms with van der Waals surface area (Å²) in [5.74, 6) is 0.670. The first-order chi connectivity index (χ1) is 17.3. The lowest BCUT2D eigenvalue weighted by Gasteiger charge is -2.41. The number of hydrogen-bond donors (Lipinski definition) is 2. The van der Waals surface area contributed by atoms with E-state index >= 15 is 0 Å². The summed E-state index contributed by atoms with van der Waals surface area (Å²) in [4.78, 5) is 20.5. The summed E-state index contributed by atoms with van der Waals surface area (Å²) in [6, 6.07) is 20.1. The van der Waals surface area contributed by atoms with Crippen LogP contribution in [-0.4, -0.2) is 64.9 Å². The maximum absolute atomic E-state index is 13.5. The Morgan fingerprint density at radius 2 is 1.81 bits per heavy atom. The third-order valence-electron chi connectivity index (χ3n) is 6.77. The molecule has 1 saturated heterocycles. The van der Waals surface area contributed by atoms with E-state index in [4.69, 9.17) is 9.72 Å². The van der Waals surface area contributed by atoms with E-state index in [2.05, 4.69) is 61.1 Å². The number of methoxy groups -OCH3 is 1. The maximum Gasteiger partial charge on any atom is 0.249 e. The second-order valence-electron chi connectivity index (χ2n) is 10.7. The van der Waals surface area contributed by atoms with E-state index in [1.165, 1.54) is 7.11 Å². The van der Waals surface area contributed by atoms with Crippen molar-refractivity contribution in [1.29, 1.82) is 0 Å². The van der Waals surface area contributed by atoms with Gasteiger partial charge >= 0.3 is 0 Å². The number of carbonyl (C=O) groups is 1. The van der Waals surface area contributed by atoms with Crippen molar-refractivity contribution < 1.29 is 14.6 Å². The van der Waals surface area contributed by atoms with Gasteiger partial charge in [-0.2, -0.15) is 0 Å². The average molecular weight is 491 g/mol. The molecule has 0 radical (unpaired) electrons. The summed E-state index contributed by atoms with van der Waals surface area (Å²) in [6.07, 6.45) is 1.59. The average Bonchev–Trinajstić information content (AvgIpc) is 3.45. The molecule has 7 nitrogen and oxygen atoms in total. The molecular formula is C29H38N4O3. The third kappa shape index (κ3) is 6.03. The first-order valence-electron chi connectivity index (χ1n) is 12.6. The number of rotatable bonds is 9. The fraction of sp³-hybridized carbons (Fsp3) is 0.448. The van der Waals surface area contributed by atoms with Crippen LogP contribution in [-0.2, 0) is 16.1 Å². The lowest BCUT2D eigenvalue weighted by molar-refractivity contribution is -0.142. The molecule has 1 amide bonds. The van der Waals surface area contributed by atoms with Crippen LogP contribution in [0.2, 0.25) is 0 Å². The Morgan fingerprint density at radius 1 is 1.14 bits per heavy atom. The number of β-amino-alcohol motifs (C(OH)–C–C–N with tert-alkyl or cyclic N) is 1. The minimum Gasteiger partial charge on any atom is -0.391 e. The van der Waals surface area contributed by atoms with E-state index in [-0.39, 0.29) is 29.9 Å². The Bertz CT molecular complexity index is 1120. The van der Waals surface area contributed by atoms with Gasteiger partial charge in [0.2, 0.25) is 5.91 Å². The highest BCUT2D eigenvalue weighted by molar-refractivity contribution is 5.78. The zero-order valence-electron chi connectivity index (χ0n) is 21.7. The SMILES string of the molecule is COCC(=O)N(C[C@H]1CNC[C@H]1O)[C@@H](c1nc(-c2ccccc2)cn1Cc1ccccc1)C(C)(C)C. The molecule has 7 heteroatoms. The summed E-state index contributed by atoms with van der Waals surface area (Å²) in [6.45, 7) is 8.67. The summed E-state index contributed by atoms with van der Waals surface area (Å²) in [5.41, 5.74) is 2.74. The van der Waals surface area contributed by atoms with Crippen LogP contribution in [0.1, 0.15) is 38.2 Å². The van der Waals surface area contributed by atoms with Crippen LogP contribution >= 0.6 is 0 Å². The smallest absolute Gasteiger partial charge is 0.249 e. The van der Waals surface area contributed by atoms with Crippen molar-refractivity contribution in [3.8, 4) is 11.3 Å². The molecule has 0 aliphatic carbocycles. The number of aromatic nitrogens is 2. The van der Waals surface area contributed by atoms with Gasteiger partial charge in [-0.15, -0.1) is 0 Å². The van der Waals surface area contributed by atoms with E-state index in [1.54, 1.807) is 0 Å². The second kappa shape index (κ2) is 11.4. The van der Waals surface area contributed by atoms with Crippen LogP contribution in [0.5, 0.6) is 0 Å². The first kappa shape index (κ1) is 26.1. The zero-order valence-corrected chi connectivity index (χ0v) is 21.7. The topological polar surface area (TPSA) is 79.6 Å². The van der Waals surface area contributed by atoms with E-state index in [9.17, 15) is 9.90 Å². The molecule has 36 heavy (non-hydrogen) atoms. The molecule has 192 valence electrons. The number of ether oxygens (including phenoxy) is 1. The predicted octanol–water partition coefficient (Wildman–Crippen LogP) is 3.74. The predicted molar refractivity (Wildman–Crippen MR) is 141 cm³/mol. The van der Waals surface area contributed by atoms with Crippen molar-refractivity contribution in [3.63, 3.8) is 0 Å². The standard InChI is InChI=1S/C29H38N4O3/c1-29(2,3)27(33(26(35)20-36-4)18-23-15-30-16-25(23)34)28-31-24(22-13-9-6-10-14-22)19-32(28)17-21-11-7-5-8-12-21/h5-14,19,23,25,27,30,34H,15-18,20H2,1-4H3/t23-,25-,27+/m1/s1. The van der Waals surface area contributed by atoms with E-state index in [1.807, 2.05) is 41.3 Å². The van der Waals surface area contributed by atoms with Crippen molar-refractivity contribution in [3.05, 3.63) is 78.2 Å². The third-order valence-corrected chi connectivity index (χ3v) is 6.77. The molecule has 0 spiro atoms. The molecule has 3 aromatic rings. The van der Waals surface area contributed by atoms with Gasteiger partial charge in [-0.05, 0) is 11.0 Å². The number of hydrogen-bond acceptors (Lipinski definition) is 5. The van der Waals surface area contributed by atoms with Crippen molar-refractivity contribution in [2.45, 2.75) is 39.5 Å². The Morgan fingerprint density at radius 3 is 2.39 bits per heavy atom. The van der Waals surface area contributed by atoms with Crippen LogP contribution < -0.4 is 5.32 Å². The molecule has 1 fully saturated rings. The number of nitrogens with one attached hydrogen (secondary N) is 1. The quantitative estimate of drug-likeness (QED) is 0.478. The van der Waals surface area contributed by atoms with E-state index in [0.717, 1.165) is 22.6 Å². The second-order valence-corrected chi connectivity index (χ2v) is 10.7. The highest BCUT2D eigenvalue weighted by Crippen LogP contribution is 2.40. The number of benzene rings is 2. The molecule has 1 aromatic heterocycles. The Balaban J connectivity index is 1.82. The van der Waals surface area contributed by atoms with E-state index < -0.39 is 6.10 Å². The maximum atomic E-state index is 13.5. The Hall–Kier alpha value is -3.00. The number of nitrogens with zero attached hydrogens (tertiary/aromatic N) is 3. The highest BCUT2D eigenvalue weighted by atomic mass is 16.5. The van der Waals surface area contributed by atoms with Gasteiger partial charge in [-0.1, -0.05) is 81.4 Å². The highest BCUT2D eigenvalue weighted by Gasteiger charge is 2.40. The van der Waals surface area contributed by atoms with Crippen molar-refractivity contribution in [2.75, 3.05) is 33.4 Å². The van der Waals surface area contributed by atoms with Gasteiger partial charge in [0, 0.05) is 51.0 Å². The van der Waals surface area contributed by atoms with Gasteiger partial charge in [-0.25, -0.2) is 4.98 Å². The fourth-order valence-electron chi connectivity index (χ4n) is 5.01. The van der Waals surface area contributed by atoms with Crippen molar-refractivity contribution >= 4 is 5.91 Å². The number of carbonyl (C=O) groups excluding carboxylic acids is 1. The molecule has 0 bridgehead atoms. The summed E-state index contributed by atoms with van der Waals surface area (Å²) in [5, 5.41) is 13.8. The first-order valence-corrected chi connectivity index (χ1v) is 12.6. The largest absolute Gasteiger partial charge is 0.391 e. The minimum absolute atomic E-state index is 0.0201. The van der Waals surface area contributed by atoms with Crippen molar-refractivity contribution in [1.82, 2.24) is 19.8 Å². The van der Waals surface area contributed by atoms with Gasteiger partial charge in [0.05, 0.1) is 17.8 Å². The Kier molecular flexibility index (Phi) is 8.24. The van der Waals surface area contributed by atoms with Gasteiger partial charge in [0.1, 0.15) is 12.4 Å². The number of aliphatic hydroxyl groups excluding tert-OH is 1. The van der Waals surface area contributed by atoms with Crippen LogP contribution in [0.25, 0.3) is 11.3 Å². The zero-order chi connectivity index (χ0) is 25.7. The summed E-state index contributed by atoms with van der Waals surface area (Å²) in [7, 11) is 1.54. The Labute approximate surface area is 214 Å². The summed E-state index contributed by atoms with van der Waals surface area (Å²) >= 11 is 0.